The van der Waals surface area contributed by atoms with Crippen molar-refractivity contribution in [1.82, 2.24) is 5.43 Å². The first-order valence-electron chi connectivity index (χ1n) is 10.7. The Morgan fingerprint density at radius 1 is 0.848 bits per heavy atom. The number of nitrogens with one attached hydrogen (secondary N) is 1. The molecule has 7 nitrogen and oxygen atoms in total. The van der Waals surface area contributed by atoms with Gasteiger partial charge >= 0.3 is 0 Å². The van der Waals surface area contributed by atoms with Crippen molar-refractivity contribution in [3.63, 3.8) is 0 Å². The van der Waals surface area contributed by atoms with Crippen molar-refractivity contribution in [3.8, 4) is 23.0 Å². The van der Waals surface area contributed by atoms with E-state index >= 15 is 0 Å². The van der Waals surface area contributed by atoms with Crippen LogP contribution >= 0.6 is 0 Å². The van der Waals surface area contributed by atoms with Crippen molar-refractivity contribution in [2.45, 2.75) is 20.5 Å². The van der Waals surface area contributed by atoms with Crippen molar-refractivity contribution in [2.24, 2.45) is 5.10 Å². The van der Waals surface area contributed by atoms with Gasteiger partial charge in [0.05, 0.1) is 26.5 Å². The third-order valence-corrected chi connectivity index (χ3v) is 4.61. The largest absolute Gasteiger partial charge is 0.493 e. The molecule has 3 rings (SSSR count). The fourth-order valence-corrected chi connectivity index (χ4v) is 3.04. The van der Waals surface area contributed by atoms with E-state index in [1.807, 2.05) is 50.2 Å². The van der Waals surface area contributed by atoms with E-state index < -0.39 is 0 Å². The third kappa shape index (κ3) is 6.74. The minimum atomic E-state index is -0.361. The molecule has 0 aromatic heterocycles. The Hall–Kier alpha value is -4.00. The van der Waals surface area contributed by atoms with Gasteiger partial charge in [0.15, 0.2) is 23.0 Å². The van der Waals surface area contributed by atoms with Crippen molar-refractivity contribution < 1.29 is 23.7 Å². The molecule has 172 valence electrons. The van der Waals surface area contributed by atoms with Gasteiger partial charge in [-0.05, 0) is 61.4 Å². The van der Waals surface area contributed by atoms with E-state index in [0.717, 1.165) is 11.1 Å². The Labute approximate surface area is 193 Å². The normalized spacial score (nSPS) is 10.6. The van der Waals surface area contributed by atoms with Crippen LogP contribution in [0.3, 0.4) is 0 Å². The summed E-state index contributed by atoms with van der Waals surface area (Å²) in [5.74, 6) is 1.96. The van der Waals surface area contributed by atoms with Gasteiger partial charge in [0.25, 0.3) is 5.91 Å². The van der Waals surface area contributed by atoms with Crippen LogP contribution in [-0.2, 0) is 6.61 Å². The topological polar surface area (TPSA) is 78.4 Å². The summed E-state index contributed by atoms with van der Waals surface area (Å²) in [4.78, 5) is 12.6. The van der Waals surface area contributed by atoms with Crippen molar-refractivity contribution >= 4 is 12.1 Å². The summed E-state index contributed by atoms with van der Waals surface area (Å²) in [6.45, 7) is 5.18. The van der Waals surface area contributed by atoms with Crippen molar-refractivity contribution in [3.05, 3.63) is 83.4 Å². The molecule has 0 fully saturated rings. The second-order valence-electron chi connectivity index (χ2n) is 6.91. The lowest BCUT2D eigenvalue weighted by Gasteiger charge is -2.13. The number of ether oxygens (including phenoxy) is 4. The highest BCUT2D eigenvalue weighted by Crippen LogP contribution is 2.30. The molecule has 0 unspecified atom stereocenters. The Kier molecular flexibility index (Phi) is 8.71. The molecule has 0 atom stereocenters. The fraction of sp³-hybridized carbons (Fsp3) is 0.231. The number of amides is 1. The van der Waals surface area contributed by atoms with E-state index in [2.05, 4.69) is 10.5 Å². The third-order valence-electron chi connectivity index (χ3n) is 4.61. The summed E-state index contributed by atoms with van der Waals surface area (Å²) in [6, 6.07) is 20.3. The van der Waals surface area contributed by atoms with Gasteiger partial charge in [-0.25, -0.2) is 5.43 Å². The zero-order valence-corrected chi connectivity index (χ0v) is 19.0. The molecule has 3 aromatic rings. The van der Waals surface area contributed by atoms with E-state index in [0.29, 0.717) is 48.4 Å². The lowest BCUT2D eigenvalue weighted by atomic mass is 10.2. The van der Waals surface area contributed by atoms with Crippen LogP contribution in [0, 0.1) is 0 Å². The molecular formula is C26H28N2O5. The van der Waals surface area contributed by atoms with Crippen LogP contribution in [0.15, 0.2) is 71.8 Å². The molecule has 0 heterocycles. The molecule has 0 bridgehead atoms. The standard InChI is InChI=1S/C26H28N2O5/c1-4-31-22-13-11-20(15-24(22)30-3)17-27-28-26(29)21-12-14-23(25(16-21)32-5-2)33-18-19-9-7-6-8-10-19/h6-17H,4-5,18H2,1-3H3,(H,28,29)/b27-17+. The lowest BCUT2D eigenvalue weighted by Crippen LogP contribution is -2.17. The molecule has 1 N–H and O–H groups in total. The quantitative estimate of drug-likeness (QED) is 0.336. The predicted molar refractivity (Wildman–Crippen MR) is 128 cm³/mol. The molecule has 0 aliphatic heterocycles. The number of carbonyl (C=O) groups is 1. The number of hydrazone groups is 1. The van der Waals surface area contributed by atoms with Gasteiger partial charge < -0.3 is 18.9 Å². The number of nitrogens with zero attached hydrogens (tertiary/aromatic N) is 1. The maximum absolute atomic E-state index is 12.6. The van der Waals surface area contributed by atoms with Crippen LogP contribution in [0.2, 0.25) is 0 Å². The second kappa shape index (κ2) is 12.1. The molecule has 0 saturated heterocycles. The van der Waals surface area contributed by atoms with Crippen LogP contribution in [0.4, 0.5) is 0 Å². The highest BCUT2D eigenvalue weighted by atomic mass is 16.5. The van der Waals surface area contributed by atoms with Gasteiger partial charge in [0, 0.05) is 5.56 Å². The molecule has 7 heteroatoms. The van der Waals surface area contributed by atoms with Crippen LogP contribution in [0.5, 0.6) is 23.0 Å². The van der Waals surface area contributed by atoms with Gasteiger partial charge in [0.1, 0.15) is 6.61 Å². The molecule has 1 amide bonds. The molecular weight excluding hydrogens is 420 g/mol. The summed E-state index contributed by atoms with van der Waals surface area (Å²) in [7, 11) is 1.57. The predicted octanol–water partition coefficient (Wildman–Crippen LogP) is 4.84. The van der Waals surface area contributed by atoms with E-state index in [4.69, 9.17) is 18.9 Å². The number of hydrogen-bond acceptors (Lipinski definition) is 6. The number of hydrogen-bond donors (Lipinski definition) is 1. The highest BCUT2D eigenvalue weighted by molar-refractivity contribution is 5.95. The monoisotopic (exact) mass is 448 g/mol. The SMILES string of the molecule is CCOc1ccc(/C=N/NC(=O)c2ccc(OCc3ccccc3)c(OCC)c2)cc1OC. The number of benzene rings is 3. The zero-order valence-electron chi connectivity index (χ0n) is 19.0. The van der Waals surface area contributed by atoms with E-state index in [1.165, 1.54) is 6.21 Å². The Morgan fingerprint density at radius 3 is 2.27 bits per heavy atom. The van der Waals surface area contributed by atoms with Crippen LogP contribution in [0.25, 0.3) is 0 Å². The molecule has 0 aliphatic rings. The van der Waals surface area contributed by atoms with Gasteiger partial charge in [0.2, 0.25) is 0 Å². The zero-order chi connectivity index (χ0) is 23.5. The summed E-state index contributed by atoms with van der Waals surface area (Å²) >= 11 is 0. The van der Waals surface area contributed by atoms with E-state index in [1.54, 1.807) is 37.4 Å². The number of methoxy groups -OCH3 is 1. The average Bonchev–Trinajstić information content (AvgIpc) is 2.85. The Morgan fingerprint density at radius 2 is 1.55 bits per heavy atom. The van der Waals surface area contributed by atoms with Gasteiger partial charge in [-0.15, -0.1) is 0 Å². The summed E-state index contributed by atoms with van der Waals surface area (Å²) in [5.41, 5.74) is 4.75. The van der Waals surface area contributed by atoms with Crippen molar-refractivity contribution in [2.75, 3.05) is 20.3 Å². The first-order chi connectivity index (χ1) is 16.1. The first kappa shape index (κ1) is 23.7. The van der Waals surface area contributed by atoms with Crippen LogP contribution in [-0.4, -0.2) is 32.4 Å². The molecule has 33 heavy (non-hydrogen) atoms. The maximum atomic E-state index is 12.6. The average molecular weight is 449 g/mol. The highest BCUT2D eigenvalue weighted by Gasteiger charge is 2.12. The molecule has 0 spiro atoms. The first-order valence-corrected chi connectivity index (χ1v) is 10.7. The van der Waals surface area contributed by atoms with Crippen molar-refractivity contribution in [1.29, 1.82) is 0 Å². The summed E-state index contributed by atoms with van der Waals surface area (Å²) < 4.78 is 22.4. The summed E-state index contributed by atoms with van der Waals surface area (Å²) in [5, 5.41) is 4.05. The van der Waals surface area contributed by atoms with Crippen LogP contribution < -0.4 is 24.4 Å². The Balaban J connectivity index is 1.66. The van der Waals surface area contributed by atoms with E-state index in [-0.39, 0.29) is 5.91 Å². The second-order valence-corrected chi connectivity index (χ2v) is 6.91. The van der Waals surface area contributed by atoms with Crippen LogP contribution in [0.1, 0.15) is 35.3 Å². The minimum Gasteiger partial charge on any atom is -0.493 e. The summed E-state index contributed by atoms with van der Waals surface area (Å²) in [6.07, 6.45) is 1.54. The molecule has 0 radical (unpaired) electrons. The molecule has 0 aliphatic carbocycles. The smallest absolute Gasteiger partial charge is 0.271 e. The van der Waals surface area contributed by atoms with Gasteiger partial charge in [-0.1, -0.05) is 30.3 Å². The number of carbonyl (C=O) groups excluding carboxylic acids is 1. The Bertz CT molecular complexity index is 1080. The lowest BCUT2D eigenvalue weighted by molar-refractivity contribution is 0.0954. The van der Waals surface area contributed by atoms with Gasteiger partial charge in [-0.3, -0.25) is 4.79 Å². The van der Waals surface area contributed by atoms with E-state index in [9.17, 15) is 4.79 Å². The minimum absolute atomic E-state index is 0.361. The molecule has 3 aromatic carbocycles. The molecule has 0 saturated carbocycles. The fourth-order valence-electron chi connectivity index (χ4n) is 3.04. The van der Waals surface area contributed by atoms with Gasteiger partial charge in [-0.2, -0.15) is 5.10 Å². The number of rotatable bonds is 11. The maximum Gasteiger partial charge on any atom is 0.271 e.